The highest BCUT2D eigenvalue weighted by Crippen LogP contribution is 2.32. The van der Waals surface area contributed by atoms with E-state index < -0.39 is 0 Å². The molecule has 1 saturated heterocycles. The number of likely N-dealkylation sites (N-methyl/N-ethyl adjacent to an activating group) is 1. The normalized spacial score (nSPS) is 21.9. The summed E-state index contributed by atoms with van der Waals surface area (Å²) in [5.41, 5.74) is 2.40. The van der Waals surface area contributed by atoms with Gasteiger partial charge in [0, 0.05) is 31.9 Å². The lowest BCUT2D eigenvalue weighted by Gasteiger charge is -2.42. The Kier molecular flexibility index (Phi) is 7.11. The molecule has 188 valence electrons. The molecule has 1 aromatic carbocycles. The summed E-state index contributed by atoms with van der Waals surface area (Å²) >= 11 is 0. The van der Waals surface area contributed by atoms with Crippen LogP contribution in [0.3, 0.4) is 0 Å². The number of benzene rings is 1. The maximum atomic E-state index is 13.3. The lowest BCUT2D eigenvalue weighted by atomic mass is 9.94. The van der Waals surface area contributed by atoms with Gasteiger partial charge in [0.1, 0.15) is 18.5 Å². The lowest BCUT2D eigenvalue weighted by molar-refractivity contribution is -0.130. The molecule has 10 heteroatoms. The summed E-state index contributed by atoms with van der Waals surface area (Å²) in [4.78, 5) is 39.7. The monoisotopic (exact) mass is 483 g/mol. The molecular formula is C25H33N5O5. The highest BCUT2D eigenvalue weighted by Gasteiger charge is 2.39. The van der Waals surface area contributed by atoms with Gasteiger partial charge in [0.15, 0.2) is 0 Å². The number of aryl methyl sites for hydroxylation is 2. The number of amides is 3. The van der Waals surface area contributed by atoms with Crippen LogP contribution < -0.4 is 15.4 Å². The Bertz CT molecular complexity index is 1130. The molecule has 0 saturated carbocycles. The van der Waals surface area contributed by atoms with Gasteiger partial charge in [-0.3, -0.25) is 19.1 Å². The zero-order chi connectivity index (χ0) is 25.3. The van der Waals surface area contributed by atoms with Gasteiger partial charge in [0.25, 0.3) is 5.91 Å². The second-order valence-electron chi connectivity index (χ2n) is 9.58. The number of hydrogen-bond acceptors (Lipinski definition) is 6. The molecule has 2 aliphatic heterocycles. The molecule has 0 spiro atoms. The van der Waals surface area contributed by atoms with Crippen LogP contribution in [0.4, 0.5) is 11.4 Å². The Hall–Kier alpha value is -3.40. The first-order valence-corrected chi connectivity index (χ1v) is 11.9. The fourth-order valence-electron chi connectivity index (χ4n) is 4.52. The van der Waals surface area contributed by atoms with Crippen molar-refractivity contribution in [3.63, 3.8) is 0 Å². The average molecular weight is 484 g/mol. The van der Waals surface area contributed by atoms with E-state index in [4.69, 9.17) is 9.47 Å². The molecule has 4 rings (SSSR count). The second kappa shape index (κ2) is 10.1. The van der Waals surface area contributed by atoms with Crippen LogP contribution in [0.5, 0.6) is 5.75 Å². The van der Waals surface area contributed by atoms with Crippen molar-refractivity contribution >= 4 is 29.1 Å². The highest BCUT2D eigenvalue weighted by molar-refractivity contribution is 6.00. The molecule has 0 unspecified atom stereocenters. The topological polar surface area (TPSA) is 115 Å². The van der Waals surface area contributed by atoms with E-state index in [0.29, 0.717) is 35.5 Å². The van der Waals surface area contributed by atoms with Gasteiger partial charge < -0.3 is 25.0 Å². The van der Waals surface area contributed by atoms with Crippen molar-refractivity contribution in [3.8, 4) is 5.75 Å². The third-order valence-corrected chi connectivity index (χ3v) is 6.50. The molecule has 0 aliphatic carbocycles. The van der Waals surface area contributed by atoms with Crippen LogP contribution in [0.25, 0.3) is 0 Å². The number of ether oxygens (including phenoxy) is 2. The smallest absolute Gasteiger partial charge is 0.257 e. The minimum Gasteiger partial charge on any atom is -0.490 e. The van der Waals surface area contributed by atoms with Gasteiger partial charge in [0.2, 0.25) is 11.8 Å². The van der Waals surface area contributed by atoms with Gasteiger partial charge in [0.05, 0.1) is 35.5 Å². The van der Waals surface area contributed by atoms with E-state index in [-0.39, 0.29) is 54.9 Å². The number of nitrogens with zero attached hydrogens (tertiary/aromatic N) is 3. The van der Waals surface area contributed by atoms with E-state index in [1.54, 1.807) is 48.1 Å². The molecule has 0 bridgehead atoms. The molecule has 1 fully saturated rings. The Morgan fingerprint density at radius 2 is 1.97 bits per heavy atom. The van der Waals surface area contributed by atoms with Crippen molar-refractivity contribution in [2.45, 2.75) is 58.3 Å². The Labute approximate surface area is 204 Å². The number of carbonyl (C=O) groups is 3. The van der Waals surface area contributed by atoms with Gasteiger partial charge in [-0.2, -0.15) is 5.10 Å². The van der Waals surface area contributed by atoms with Gasteiger partial charge in [-0.1, -0.05) is 13.8 Å². The second-order valence-corrected chi connectivity index (χ2v) is 9.58. The summed E-state index contributed by atoms with van der Waals surface area (Å²) in [5.74, 6) is -0.176. The first-order valence-electron chi connectivity index (χ1n) is 11.9. The summed E-state index contributed by atoms with van der Waals surface area (Å²) in [7, 11) is 3.57. The van der Waals surface area contributed by atoms with Crippen LogP contribution in [0.1, 0.15) is 49.2 Å². The minimum atomic E-state index is -0.357. The number of nitrogens with one attached hydrogen (secondary N) is 2. The zero-order valence-electron chi connectivity index (χ0n) is 20.8. The van der Waals surface area contributed by atoms with Crippen LogP contribution in [0.15, 0.2) is 24.4 Å². The summed E-state index contributed by atoms with van der Waals surface area (Å²) in [6.45, 7) is 5.72. The molecular weight excluding hydrogens is 450 g/mol. The highest BCUT2D eigenvalue weighted by atomic mass is 16.5. The van der Waals surface area contributed by atoms with Crippen molar-refractivity contribution in [2.75, 3.05) is 24.3 Å². The van der Waals surface area contributed by atoms with Crippen LogP contribution in [0.2, 0.25) is 0 Å². The van der Waals surface area contributed by atoms with Gasteiger partial charge >= 0.3 is 0 Å². The molecule has 3 amide bonds. The number of anilines is 2. The number of carbonyl (C=O) groups excluding carboxylic acids is 3. The summed E-state index contributed by atoms with van der Waals surface area (Å²) in [6, 6.07) is 4.90. The van der Waals surface area contributed by atoms with Crippen LogP contribution in [-0.2, 0) is 21.4 Å². The maximum Gasteiger partial charge on any atom is 0.257 e. The van der Waals surface area contributed by atoms with E-state index in [1.807, 2.05) is 20.8 Å². The van der Waals surface area contributed by atoms with E-state index >= 15 is 0 Å². The van der Waals surface area contributed by atoms with Gasteiger partial charge in [-0.05, 0) is 38.0 Å². The minimum absolute atomic E-state index is 0.118. The van der Waals surface area contributed by atoms with E-state index in [0.717, 1.165) is 5.69 Å². The molecule has 10 nitrogen and oxygen atoms in total. The predicted molar refractivity (Wildman–Crippen MR) is 130 cm³/mol. The molecule has 2 aromatic rings. The molecule has 2 aliphatic rings. The largest absolute Gasteiger partial charge is 0.490 e. The third kappa shape index (κ3) is 5.48. The number of hydrogen-bond donors (Lipinski definition) is 2. The SMILES string of the molecule is Cc1nn(C)cc1NC(=O)C[C@H]1CC[C@@H]2[C@H](COc3ccc(NC(=O)C(C)C)cc3C(=O)N2C)O1. The molecule has 3 atom stereocenters. The first kappa shape index (κ1) is 24.7. The van der Waals surface area contributed by atoms with Crippen LogP contribution in [-0.4, -0.2) is 64.3 Å². The van der Waals surface area contributed by atoms with Crippen molar-refractivity contribution in [1.82, 2.24) is 14.7 Å². The maximum absolute atomic E-state index is 13.3. The standard InChI is InChI=1S/C25H33N5O5/c1-14(2)24(32)26-16-6-9-21-18(10-16)25(33)30(5)20-8-7-17(35-22(20)13-34-21)11-23(31)27-19-12-29(4)28-15(19)3/h6,9-10,12,14,17,20,22H,7-8,11,13H2,1-5H3,(H,26,32)(H,27,31)/t17-,20-,22+/m1/s1. The number of fused-ring (bicyclic) bond motifs is 2. The van der Waals surface area contributed by atoms with Crippen LogP contribution in [0, 0.1) is 12.8 Å². The average Bonchev–Trinajstić information content (AvgIpc) is 3.12. The van der Waals surface area contributed by atoms with E-state index in [2.05, 4.69) is 15.7 Å². The predicted octanol–water partition coefficient (Wildman–Crippen LogP) is 2.73. The zero-order valence-corrected chi connectivity index (χ0v) is 20.8. The molecule has 1 aromatic heterocycles. The third-order valence-electron chi connectivity index (χ3n) is 6.50. The summed E-state index contributed by atoms with van der Waals surface area (Å²) in [6.07, 6.45) is 2.70. The van der Waals surface area contributed by atoms with Crippen molar-refractivity contribution in [1.29, 1.82) is 0 Å². The van der Waals surface area contributed by atoms with Crippen molar-refractivity contribution in [2.24, 2.45) is 13.0 Å². The fourth-order valence-corrected chi connectivity index (χ4v) is 4.52. The summed E-state index contributed by atoms with van der Waals surface area (Å²) < 4.78 is 13.9. The fraction of sp³-hybridized carbons (Fsp3) is 0.520. The molecule has 3 heterocycles. The quantitative estimate of drug-likeness (QED) is 0.676. The lowest BCUT2D eigenvalue weighted by Crippen LogP contribution is -2.53. The van der Waals surface area contributed by atoms with Gasteiger partial charge in [-0.25, -0.2) is 0 Å². The Balaban J connectivity index is 1.43. The molecule has 0 radical (unpaired) electrons. The molecule has 2 N–H and O–H groups in total. The molecule has 35 heavy (non-hydrogen) atoms. The first-order chi connectivity index (χ1) is 16.6. The van der Waals surface area contributed by atoms with Crippen molar-refractivity contribution < 1.29 is 23.9 Å². The van der Waals surface area contributed by atoms with E-state index in [1.165, 1.54) is 0 Å². The Morgan fingerprint density at radius 3 is 2.66 bits per heavy atom. The van der Waals surface area contributed by atoms with Crippen molar-refractivity contribution in [3.05, 3.63) is 35.7 Å². The van der Waals surface area contributed by atoms with Crippen LogP contribution >= 0.6 is 0 Å². The number of rotatable bonds is 5. The summed E-state index contributed by atoms with van der Waals surface area (Å²) in [5, 5.41) is 9.97. The Morgan fingerprint density at radius 1 is 1.20 bits per heavy atom. The van der Waals surface area contributed by atoms with E-state index in [9.17, 15) is 14.4 Å². The number of aromatic nitrogens is 2. The van der Waals surface area contributed by atoms with Gasteiger partial charge in [-0.15, -0.1) is 0 Å².